The number of aliphatic hydroxyl groups excluding tert-OH is 2. The molecule has 0 saturated carbocycles. The average Bonchev–Trinajstić information content (AvgIpc) is 2.26. The summed E-state index contributed by atoms with van der Waals surface area (Å²) in [5.41, 5.74) is 0. The number of piperidine rings is 1. The van der Waals surface area contributed by atoms with Crippen LogP contribution in [0.5, 0.6) is 0 Å². The molecule has 88 valence electrons. The standard InChI is InChI=1S/C10H20N2O3/c1-8-2-4-12(5-3-8)10(15)11-6-9(14)7-13/h8-9,13-14H,2-7H2,1H3,(H,11,15). The van der Waals surface area contributed by atoms with Crippen molar-refractivity contribution < 1.29 is 15.0 Å². The van der Waals surface area contributed by atoms with Gasteiger partial charge in [0.05, 0.1) is 12.7 Å². The molecule has 0 aliphatic carbocycles. The number of carbonyl (C=O) groups is 1. The maximum absolute atomic E-state index is 11.5. The van der Waals surface area contributed by atoms with Crippen molar-refractivity contribution in [2.24, 2.45) is 5.92 Å². The highest BCUT2D eigenvalue weighted by atomic mass is 16.3. The fourth-order valence-electron chi connectivity index (χ4n) is 1.59. The molecule has 0 aromatic carbocycles. The number of hydrogen-bond acceptors (Lipinski definition) is 3. The molecule has 3 N–H and O–H groups in total. The molecule has 1 saturated heterocycles. The van der Waals surface area contributed by atoms with Gasteiger partial charge in [-0.25, -0.2) is 4.79 Å². The van der Waals surface area contributed by atoms with E-state index >= 15 is 0 Å². The second kappa shape index (κ2) is 5.92. The normalized spacial score (nSPS) is 20.1. The Hall–Kier alpha value is -0.810. The molecule has 0 aromatic heterocycles. The van der Waals surface area contributed by atoms with Crippen molar-refractivity contribution in [2.45, 2.75) is 25.9 Å². The topological polar surface area (TPSA) is 72.8 Å². The third-order valence-corrected chi connectivity index (χ3v) is 2.77. The molecule has 1 aliphatic rings. The van der Waals surface area contributed by atoms with Crippen LogP contribution in [0.3, 0.4) is 0 Å². The Balaban J connectivity index is 2.22. The zero-order valence-corrected chi connectivity index (χ0v) is 9.15. The highest BCUT2D eigenvalue weighted by Crippen LogP contribution is 2.15. The zero-order valence-electron chi connectivity index (χ0n) is 9.15. The maximum atomic E-state index is 11.5. The Morgan fingerprint density at radius 1 is 1.53 bits per heavy atom. The van der Waals surface area contributed by atoms with Crippen molar-refractivity contribution in [2.75, 3.05) is 26.2 Å². The van der Waals surface area contributed by atoms with Crippen LogP contribution in [0.15, 0.2) is 0 Å². The SMILES string of the molecule is CC1CCN(C(=O)NCC(O)CO)CC1. The van der Waals surface area contributed by atoms with E-state index in [1.54, 1.807) is 4.90 Å². The van der Waals surface area contributed by atoms with E-state index in [1.165, 1.54) is 0 Å². The van der Waals surface area contributed by atoms with Gasteiger partial charge in [0.15, 0.2) is 0 Å². The number of carbonyl (C=O) groups excluding carboxylic acids is 1. The van der Waals surface area contributed by atoms with E-state index in [9.17, 15) is 4.79 Å². The molecular formula is C10H20N2O3. The van der Waals surface area contributed by atoms with Gasteiger partial charge in [0.1, 0.15) is 0 Å². The van der Waals surface area contributed by atoms with Gasteiger partial charge in [0, 0.05) is 19.6 Å². The van der Waals surface area contributed by atoms with Crippen LogP contribution in [0.2, 0.25) is 0 Å². The Kier molecular flexibility index (Phi) is 4.84. The molecule has 15 heavy (non-hydrogen) atoms. The van der Waals surface area contributed by atoms with Gasteiger partial charge in [-0.15, -0.1) is 0 Å². The van der Waals surface area contributed by atoms with Crippen molar-refractivity contribution in [3.63, 3.8) is 0 Å². The number of amides is 2. The fourth-order valence-corrected chi connectivity index (χ4v) is 1.59. The maximum Gasteiger partial charge on any atom is 0.317 e. The second-order valence-electron chi connectivity index (χ2n) is 4.19. The molecule has 0 spiro atoms. The van der Waals surface area contributed by atoms with Crippen LogP contribution in [0.1, 0.15) is 19.8 Å². The van der Waals surface area contributed by atoms with Gasteiger partial charge in [-0.3, -0.25) is 0 Å². The molecule has 5 nitrogen and oxygen atoms in total. The lowest BCUT2D eigenvalue weighted by molar-refractivity contribution is 0.0929. The summed E-state index contributed by atoms with van der Waals surface area (Å²) < 4.78 is 0. The van der Waals surface area contributed by atoms with Crippen molar-refractivity contribution in [1.82, 2.24) is 10.2 Å². The summed E-state index contributed by atoms with van der Waals surface area (Å²) in [6, 6.07) is -0.144. The molecule has 1 unspecified atom stereocenters. The van der Waals surface area contributed by atoms with E-state index in [1.807, 2.05) is 0 Å². The van der Waals surface area contributed by atoms with Gasteiger partial charge in [-0.05, 0) is 18.8 Å². The summed E-state index contributed by atoms with van der Waals surface area (Å²) in [7, 11) is 0. The highest BCUT2D eigenvalue weighted by molar-refractivity contribution is 5.74. The van der Waals surface area contributed by atoms with Crippen LogP contribution in [-0.2, 0) is 0 Å². The number of nitrogens with zero attached hydrogens (tertiary/aromatic N) is 1. The molecule has 1 aliphatic heterocycles. The summed E-state index contributed by atoms with van der Waals surface area (Å²) >= 11 is 0. The van der Waals surface area contributed by atoms with Crippen LogP contribution >= 0.6 is 0 Å². The van der Waals surface area contributed by atoms with Gasteiger partial charge in [0.25, 0.3) is 0 Å². The predicted molar refractivity (Wildman–Crippen MR) is 56.5 cm³/mol. The quantitative estimate of drug-likeness (QED) is 0.610. The fraction of sp³-hybridized carbons (Fsp3) is 0.900. The van der Waals surface area contributed by atoms with Crippen molar-refractivity contribution in [3.05, 3.63) is 0 Å². The van der Waals surface area contributed by atoms with Crippen LogP contribution in [0, 0.1) is 5.92 Å². The zero-order chi connectivity index (χ0) is 11.3. The third kappa shape index (κ3) is 4.05. The van der Waals surface area contributed by atoms with Crippen LogP contribution in [0.25, 0.3) is 0 Å². The number of rotatable bonds is 3. The van der Waals surface area contributed by atoms with E-state index in [-0.39, 0.29) is 19.2 Å². The lowest BCUT2D eigenvalue weighted by Crippen LogP contribution is -2.46. The van der Waals surface area contributed by atoms with E-state index < -0.39 is 6.10 Å². The Morgan fingerprint density at radius 2 is 2.13 bits per heavy atom. The first-order valence-electron chi connectivity index (χ1n) is 5.45. The first kappa shape index (κ1) is 12.3. The van der Waals surface area contributed by atoms with Crippen molar-refractivity contribution >= 4 is 6.03 Å². The number of aliphatic hydroxyl groups is 2. The van der Waals surface area contributed by atoms with Crippen molar-refractivity contribution in [1.29, 1.82) is 0 Å². The Labute approximate surface area is 90.1 Å². The first-order chi connectivity index (χ1) is 7.13. The molecule has 1 rings (SSSR count). The number of nitrogens with one attached hydrogen (secondary N) is 1. The third-order valence-electron chi connectivity index (χ3n) is 2.77. The summed E-state index contributed by atoms with van der Waals surface area (Å²) in [5.74, 6) is 0.692. The van der Waals surface area contributed by atoms with Gasteiger partial charge in [-0.2, -0.15) is 0 Å². The van der Waals surface area contributed by atoms with Crippen LogP contribution in [-0.4, -0.2) is 53.5 Å². The van der Waals surface area contributed by atoms with E-state index in [2.05, 4.69) is 12.2 Å². The van der Waals surface area contributed by atoms with E-state index in [0.717, 1.165) is 25.9 Å². The van der Waals surface area contributed by atoms with Crippen LogP contribution < -0.4 is 5.32 Å². The number of likely N-dealkylation sites (tertiary alicyclic amines) is 1. The minimum atomic E-state index is -0.863. The lowest BCUT2D eigenvalue weighted by atomic mass is 10.00. The van der Waals surface area contributed by atoms with Crippen molar-refractivity contribution in [3.8, 4) is 0 Å². The smallest absolute Gasteiger partial charge is 0.317 e. The molecular weight excluding hydrogens is 196 g/mol. The molecule has 0 bridgehead atoms. The van der Waals surface area contributed by atoms with Gasteiger partial charge < -0.3 is 20.4 Å². The summed E-state index contributed by atoms with van der Waals surface area (Å²) in [4.78, 5) is 13.3. The van der Waals surface area contributed by atoms with Gasteiger partial charge >= 0.3 is 6.03 Å². The predicted octanol–water partition coefficient (Wildman–Crippen LogP) is -0.219. The largest absolute Gasteiger partial charge is 0.394 e. The second-order valence-corrected chi connectivity index (χ2v) is 4.19. The summed E-state index contributed by atoms with van der Waals surface area (Å²) in [6.45, 7) is 3.54. The molecule has 1 atom stereocenters. The Morgan fingerprint density at radius 3 is 2.67 bits per heavy atom. The molecule has 2 amide bonds. The molecule has 5 heteroatoms. The summed E-state index contributed by atoms with van der Waals surface area (Å²) in [5, 5.41) is 20.2. The molecule has 1 fully saturated rings. The monoisotopic (exact) mass is 216 g/mol. The highest BCUT2D eigenvalue weighted by Gasteiger charge is 2.20. The van der Waals surface area contributed by atoms with Gasteiger partial charge in [0.2, 0.25) is 0 Å². The number of hydrogen-bond donors (Lipinski definition) is 3. The molecule has 0 radical (unpaired) electrons. The van der Waals surface area contributed by atoms with Crippen LogP contribution in [0.4, 0.5) is 4.79 Å². The minimum Gasteiger partial charge on any atom is -0.394 e. The summed E-state index contributed by atoms with van der Waals surface area (Å²) in [6.07, 6.45) is 1.21. The Bertz CT molecular complexity index is 203. The van der Waals surface area contributed by atoms with Gasteiger partial charge in [-0.1, -0.05) is 6.92 Å². The van der Waals surface area contributed by atoms with E-state index in [0.29, 0.717) is 5.92 Å². The minimum absolute atomic E-state index is 0.112. The lowest BCUT2D eigenvalue weighted by Gasteiger charge is -2.30. The van der Waals surface area contributed by atoms with E-state index in [4.69, 9.17) is 10.2 Å². The molecule has 1 heterocycles. The molecule has 0 aromatic rings. The number of urea groups is 1. The first-order valence-corrected chi connectivity index (χ1v) is 5.45. The average molecular weight is 216 g/mol.